The molecule has 0 spiro atoms. The summed E-state index contributed by atoms with van der Waals surface area (Å²) < 4.78 is 7.38. The first-order valence-corrected chi connectivity index (χ1v) is 11.1. The fourth-order valence-corrected chi connectivity index (χ4v) is 4.88. The van der Waals surface area contributed by atoms with Crippen LogP contribution in [-0.4, -0.2) is 21.0 Å². The molecular weight excluding hydrogens is 428 g/mol. The van der Waals surface area contributed by atoms with Crippen molar-refractivity contribution in [1.82, 2.24) is 15.1 Å². The average molecular weight is 445 g/mol. The highest BCUT2D eigenvalue weighted by Crippen LogP contribution is 2.31. The Morgan fingerprint density at radius 3 is 2.90 bits per heavy atom. The molecular formula is C20H17ClN4O2S2. The summed E-state index contributed by atoms with van der Waals surface area (Å²) in [5.74, 6) is 1.45. The number of benzene rings is 2. The van der Waals surface area contributed by atoms with Gasteiger partial charge >= 0.3 is 0 Å². The number of halogens is 1. The Labute approximate surface area is 180 Å². The molecule has 0 atom stereocenters. The van der Waals surface area contributed by atoms with Crippen LogP contribution in [0.1, 0.15) is 23.7 Å². The third-order valence-corrected chi connectivity index (χ3v) is 6.65. The van der Waals surface area contributed by atoms with E-state index in [2.05, 4.69) is 26.5 Å². The van der Waals surface area contributed by atoms with Crippen molar-refractivity contribution in [3.05, 3.63) is 64.8 Å². The number of thioether (sulfide) groups is 1. The van der Waals surface area contributed by atoms with E-state index in [0.29, 0.717) is 34.6 Å². The van der Waals surface area contributed by atoms with Crippen molar-refractivity contribution in [3.63, 3.8) is 0 Å². The van der Waals surface area contributed by atoms with Crippen LogP contribution in [0, 0.1) is 6.92 Å². The Balaban J connectivity index is 1.29. The van der Waals surface area contributed by atoms with Gasteiger partial charge in [0.05, 0.1) is 26.7 Å². The molecule has 2 aromatic heterocycles. The number of carbonyl (C=O) groups is 1. The lowest BCUT2D eigenvalue weighted by molar-refractivity contribution is -0.116. The van der Waals surface area contributed by atoms with Gasteiger partial charge in [-0.2, -0.15) is 4.98 Å². The number of aryl methyl sites for hydroxylation is 2. The zero-order valence-corrected chi connectivity index (χ0v) is 17.9. The molecule has 0 unspecified atom stereocenters. The highest BCUT2D eigenvalue weighted by atomic mass is 35.5. The van der Waals surface area contributed by atoms with Crippen LogP contribution >= 0.6 is 34.7 Å². The maximum atomic E-state index is 12.2. The summed E-state index contributed by atoms with van der Waals surface area (Å²) in [5, 5.41) is 7.35. The summed E-state index contributed by atoms with van der Waals surface area (Å²) in [6.07, 6.45) is 0.603. The molecule has 0 saturated heterocycles. The summed E-state index contributed by atoms with van der Waals surface area (Å²) in [4.78, 5) is 21.2. The lowest BCUT2D eigenvalue weighted by Gasteiger charge is -2.09. The molecule has 0 radical (unpaired) electrons. The fraction of sp³-hybridized carbons (Fsp3) is 0.200. The largest absolute Gasteiger partial charge is 0.339 e. The standard InChI is InChI=1S/C20H17ClN4O2S2/c1-12-5-4-6-13(21)19(12)24-17(26)9-10-18-23-16(25-27-18)11-28-20-22-14-7-2-3-8-15(14)29-20/h2-8H,9-11H2,1H3,(H,24,26). The Morgan fingerprint density at radius 1 is 1.21 bits per heavy atom. The van der Waals surface area contributed by atoms with Crippen molar-refractivity contribution in [2.24, 2.45) is 0 Å². The van der Waals surface area contributed by atoms with Gasteiger partial charge in [-0.15, -0.1) is 11.3 Å². The molecule has 4 aromatic rings. The minimum absolute atomic E-state index is 0.148. The Kier molecular flexibility index (Phi) is 6.13. The normalized spacial score (nSPS) is 11.1. The number of rotatable bonds is 7. The molecule has 0 saturated carbocycles. The van der Waals surface area contributed by atoms with Crippen LogP contribution in [-0.2, 0) is 17.0 Å². The Morgan fingerprint density at radius 2 is 2.07 bits per heavy atom. The quantitative estimate of drug-likeness (QED) is 0.379. The van der Waals surface area contributed by atoms with Crippen LogP contribution in [0.5, 0.6) is 0 Å². The number of hydrogen-bond acceptors (Lipinski definition) is 7. The predicted molar refractivity (Wildman–Crippen MR) is 117 cm³/mol. The first-order valence-electron chi connectivity index (χ1n) is 8.93. The van der Waals surface area contributed by atoms with Crippen LogP contribution in [0.3, 0.4) is 0 Å². The van der Waals surface area contributed by atoms with Crippen molar-refractivity contribution in [2.75, 3.05) is 5.32 Å². The molecule has 29 heavy (non-hydrogen) atoms. The number of aromatic nitrogens is 3. The molecule has 0 aliphatic heterocycles. The van der Waals surface area contributed by atoms with Gasteiger partial charge in [0.15, 0.2) is 10.2 Å². The Bertz CT molecular complexity index is 1110. The van der Waals surface area contributed by atoms with Gasteiger partial charge in [0, 0.05) is 12.8 Å². The third-order valence-electron chi connectivity index (χ3n) is 4.16. The number of nitrogens with zero attached hydrogens (tertiary/aromatic N) is 3. The number of thiazole rings is 1. The molecule has 6 nitrogen and oxygen atoms in total. The number of fused-ring (bicyclic) bond motifs is 1. The second-order valence-electron chi connectivity index (χ2n) is 6.32. The second-order valence-corrected chi connectivity index (χ2v) is 8.98. The number of nitrogens with one attached hydrogen (secondary N) is 1. The van der Waals surface area contributed by atoms with E-state index in [4.69, 9.17) is 16.1 Å². The molecule has 4 rings (SSSR count). The van der Waals surface area contributed by atoms with Gasteiger partial charge in [-0.1, -0.05) is 52.8 Å². The third kappa shape index (κ3) is 4.95. The molecule has 1 amide bonds. The number of hydrogen-bond donors (Lipinski definition) is 1. The monoisotopic (exact) mass is 444 g/mol. The van der Waals surface area contributed by atoms with Gasteiger partial charge in [-0.3, -0.25) is 4.79 Å². The van der Waals surface area contributed by atoms with E-state index in [-0.39, 0.29) is 12.3 Å². The maximum Gasteiger partial charge on any atom is 0.227 e. The van der Waals surface area contributed by atoms with Gasteiger partial charge in [0.1, 0.15) is 0 Å². The first kappa shape index (κ1) is 19.9. The number of amides is 1. The molecule has 148 valence electrons. The van der Waals surface area contributed by atoms with Crippen molar-refractivity contribution < 1.29 is 9.32 Å². The number of anilines is 1. The molecule has 1 N–H and O–H groups in total. The zero-order valence-electron chi connectivity index (χ0n) is 15.5. The lowest BCUT2D eigenvalue weighted by Crippen LogP contribution is -2.13. The fourth-order valence-electron chi connectivity index (χ4n) is 2.70. The number of para-hydroxylation sites is 2. The molecule has 9 heteroatoms. The second kappa shape index (κ2) is 8.94. The summed E-state index contributed by atoms with van der Waals surface area (Å²) in [7, 11) is 0. The summed E-state index contributed by atoms with van der Waals surface area (Å²) in [6, 6.07) is 13.5. The van der Waals surface area contributed by atoms with Gasteiger partial charge in [-0.25, -0.2) is 4.98 Å². The molecule has 0 bridgehead atoms. The molecule has 0 fully saturated rings. The van der Waals surface area contributed by atoms with Crippen molar-refractivity contribution in [1.29, 1.82) is 0 Å². The van der Waals surface area contributed by atoms with Gasteiger partial charge < -0.3 is 9.84 Å². The average Bonchev–Trinajstić information content (AvgIpc) is 3.34. The van der Waals surface area contributed by atoms with Crippen LogP contribution in [0.25, 0.3) is 10.2 Å². The lowest BCUT2D eigenvalue weighted by atomic mass is 10.2. The first-order chi connectivity index (χ1) is 14.1. The van der Waals surface area contributed by atoms with E-state index in [1.165, 1.54) is 0 Å². The summed E-state index contributed by atoms with van der Waals surface area (Å²) in [5.41, 5.74) is 2.55. The van der Waals surface area contributed by atoms with Crippen LogP contribution in [0.2, 0.25) is 5.02 Å². The smallest absolute Gasteiger partial charge is 0.227 e. The highest BCUT2D eigenvalue weighted by Gasteiger charge is 2.13. The summed E-state index contributed by atoms with van der Waals surface area (Å²) in [6.45, 7) is 1.90. The minimum Gasteiger partial charge on any atom is -0.339 e. The highest BCUT2D eigenvalue weighted by molar-refractivity contribution is 8.00. The number of carbonyl (C=O) groups excluding carboxylic acids is 1. The minimum atomic E-state index is -0.148. The molecule has 0 aliphatic carbocycles. The van der Waals surface area contributed by atoms with Crippen LogP contribution in [0.4, 0.5) is 5.69 Å². The molecule has 0 aliphatic rings. The van der Waals surface area contributed by atoms with Crippen molar-refractivity contribution in [3.8, 4) is 0 Å². The van der Waals surface area contributed by atoms with E-state index in [1.54, 1.807) is 29.2 Å². The van der Waals surface area contributed by atoms with Gasteiger partial charge in [0.25, 0.3) is 0 Å². The molecule has 2 aromatic carbocycles. The summed E-state index contributed by atoms with van der Waals surface area (Å²) >= 11 is 9.36. The van der Waals surface area contributed by atoms with E-state index in [0.717, 1.165) is 20.1 Å². The zero-order chi connectivity index (χ0) is 20.2. The Hall–Kier alpha value is -2.42. The van der Waals surface area contributed by atoms with Crippen molar-refractivity contribution in [2.45, 2.75) is 29.9 Å². The van der Waals surface area contributed by atoms with Crippen LogP contribution < -0.4 is 5.32 Å². The predicted octanol–water partition coefficient (Wildman–Crippen LogP) is 5.50. The SMILES string of the molecule is Cc1cccc(Cl)c1NC(=O)CCc1nc(CSc2nc3ccccc3s2)no1. The van der Waals surface area contributed by atoms with Gasteiger partial charge in [0.2, 0.25) is 11.8 Å². The molecule has 2 heterocycles. The maximum absolute atomic E-state index is 12.2. The van der Waals surface area contributed by atoms with Crippen molar-refractivity contribution >= 4 is 56.5 Å². The van der Waals surface area contributed by atoms with E-state index in [9.17, 15) is 4.79 Å². The van der Waals surface area contributed by atoms with Gasteiger partial charge in [-0.05, 0) is 30.7 Å². The van der Waals surface area contributed by atoms with Crippen LogP contribution in [0.15, 0.2) is 51.3 Å². The van der Waals surface area contributed by atoms with E-state index < -0.39 is 0 Å². The van der Waals surface area contributed by atoms with E-state index >= 15 is 0 Å². The topological polar surface area (TPSA) is 80.9 Å². The van der Waals surface area contributed by atoms with E-state index in [1.807, 2.05) is 37.3 Å².